The van der Waals surface area contributed by atoms with Crippen molar-refractivity contribution in [2.75, 3.05) is 31.8 Å². The molecule has 0 saturated carbocycles. The molecule has 1 fully saturated rings. The summed E-state index contributed by atoms with van der Waals surface area (Å²) in [6, 6.07) is 4.78. The van der Waals surface area contributed by atoms with Crippen molar-refractivity contribution in [1.29, 1.82) is 0 Å². The Morgan fingerprint density at radius 3 is 2.79 bits per heavy atom. The van der Waals surface area contributed by atoms with Crippen molar-refractivity contribution in [1.82, 2.24) is 15.2 Å². The maximum Gasteiger partial charge on any atom is 0.312 e. The molecule has 1 aliphatic heterocycles. The van der Waals surface area contributed by atoms with Crippen LogP contribution in [-0.4, -0.2) is 67.9 Å². The summed E-state index contributed by atoms with van der Waals surface area (Å²) in [5, 5.41) is 2.52. The zero-order valence-electron chi connectivity index (χ0n) is 13.5. The number of amides is 2. The Kier molecular flexibility index (Phi) is 6.27. The first-order chi connectivity index (χ1) is 11.4. The molecule has 8 nitrogen and oxygen atoms in total. The molecule has 1 aromatic heterocycles. The van der Waals surface area contributed by atoms with E-state index < -0.39 is 27.7 Å². The number of sulfone groups is 1. The molecule has 0 spiro atoms. The van der Waals surface area contributed by atoms with E-state index in [9.17, 15) is 18.0 Å². The molecule has 1 aliphatic rings. The van der Waals surface area contributed by atoms with Crippen LogP contribution in [0, 0.1) is 0 Å². The molecule has 132 valence electrons. The predicted octanol–water partition coefficient (Wildman–Crippen LogP) is -0.640. The zero-order chi connectivity index (χ0) is 17.6. The van der Waals surface area contributed by atoms with Crippen LogP contribution in [0.15, 0.2) is 24.4 Å². The molecule has 1 atom stereocenters. The predicted molar refractivity (Wildman–Crippen MR) is 86.7 cm³/mol. The summed E-state index contributed by atoms with van der Waals surface area (Å²) in [4.78, 5) is 29.9. The second kappa shape index (κ2) is 8.20. The minimum Gasteiger partial charge on any atom is -0.383 e. The van der Waals surface area contributed by atoms with Crippen LogP contribution in [0.25, 0.3) is 0 Å². The number of rotatable bonds is 6. The first kappa shape index (κ1) is 18.3. The maximum absolute atomic E-state index is 12.4. The number of ether oxygens (including phenoxy) is 1. The molecule has 2 rings (SSSR count). The van der Waals surface area contributed by atoms with E-state index in [1.165, 1.54) is 12.0 Å². The molecule has 0 radical (unpaired) electrons. The Hall–Kier alpha value is -2.00. The molecule has 2 amide bonds. The van der Waals surface area contributed by atoms with E-state index in [0.29, 0.717) is 12.1 Å². The van der Waals surface area contributed by atoms with Crippen molar-refractivity contribution in [2.45, 2.75) is 19.0 Å². The molecule has 0 aliphatic carbocycles. The Morgan fingerprint density at radius 2 is 2.21 bits per heavy atom. The van der Waals surface area contributed by atoms with Crippen molar-refractivity contribution < 1.29 is 22.7 Å². The van der Waals surface area contributed by atoms with Crippen molar-refractivity contribution in [2.24, 2.45) is 0 Å². The highest BCUT2D eigenvalue weighted by Crippen LogP contribution is 2.18. The van der Waals surface area contributed by atoms with Crippen molar-refractivity contribution in [3.8, 4) is 0 Å². The molecule has 1 saturated heterocycles. The van der Waals surface area contributed by atoms with Gasteiger partial charge in [-0.2, -0.15) is 0 Å². The third-order valence-corrected chi connectivity index (χ3v) is 5.55. The fourth-order valence-electron chi connectivity index (χ4n) is 2.54. The SMILES string of the molecule is COCCN(C(=O)C(=O)NCc1ccccn1)C1CCS(=O)(=O)C1. The standard InChI is InChI=1S/C15H21N3O5S/c1-23-8-7-18(13-5-9-24(21,22)11-13)15(20)14(19)17-10-12-4-2-3-6-16-12/h2-4,6,13H,5,7-11H2,1H3,(H,17,19). The topological polar surface area (TPSA) is 106 Å². The van der Waals surface area contributed by atoms with Crippen molar-refractivity contribution >= 4 is 21.7 Å². The second-order valence-electron chi connectivity index (χ2n) is 5.55. The highest BCUT2D eigenvalue weighted by molar-refractivity contribution is 7.91. The number of carbonyl (C=O) groups excluding carboxylic acids is 2. The summed E-state index contributed by atoms with van der Waals surface area (Å²) >= 11 is 0. The lowest BCUT2D eigenvalue weighted by Crippen LogP contribution is -2.49. The average Bonchev–Trinajstić information content (AvgIpc) is 2.93. The Bertz CT molecular complexity index is 678. The quantitative estimate of drug-likeness (QED) is 0.681. The van der Waals surface area contributed by atoms with Gasteiger partial charge < -0.3 is 15.0 Å². The molecule has 0 bridgehead atoms. The third-order valence-electron chi connectivity index (χ3n) is 3.80. The van der Waals surface area contributed by atoms with Crippen LogP contribution in [-0.2, 0) is 30.7 Å². The van der Waals surface area contributed by atoms with E-state index in [1.54, 1.807) is 24.4 Å². The summed E-state index contributed by atoms with van der Waals surface area (Å²) in [7, 11) is -1.68. The van der Waals surface area contributed by atoms with Crippen LogP contribution in [0.4, 0.5) is 0 Å². The molecule has 0 aromatic carbocycles. The van der Waals surface area contributed by atoms with Crippen LogP contribution >= 0.6 is 0 Å². The summed E-state index contributed by atoms with van der Waals surface area (Å²) in [6.07, 6.45) is 1.93. The van der Waals surface area contributed by atoms with Crippen molar-refractivity contribution in [3.63, 3.8) is 0 Å². The minimum atomic E-state index is -3.16. The van der Waals surface area contributed by atoms with Gasteiger partial charge in [-0.1, -0.05) is 6.07 Å². The summed E-state index contributed by atoms with van der Waals surface area (Å²) < 4.78 is 28.2. The van der Waals surface area contributed by atoms with Gasteiger partial charge in [-0.25, -0.2) is 8.42 Å². The van der Waals surface area contributed by atoms with Crippen molar-refractivity contribution in [3.05, 3.63) is 30.1 Å². The van der Waals surface area contributed by atoms with Gasteiger partial charge in [-0.15, -0.1) is 0 Å². The third kappa shape index (κ3) is 5.00. The largest absolute Gasteiger partial charge is 0.383 e. The van der Waals surface area contributed by atoms with Gasteiger partial charge in [0.05, 0.1) is 30.4 Å². The molecule has 1 aromatic rings. The van der Waals surface area contributed by atoms with Gasteiger partial charge in [0.15, 0.2) is 9.84 Å². The Balaban J connectivity index is 1.99. The number of pyridine rings is 1. The highest BCUT2D eigenvalue weighted by atomic mass is 32.2. The lowest BCUT2D eigenvalue weighted by Gasteiger charge is -2.27. The fraction of sp³-hybridized carbons (Fsp3) is 0.533. The normalized spacial score (nSPS) is 19.0. The van der Waals surface area contributed by atoms with E-state index in [1.807, 2.05) is 0 Å². The van der Waals surface area contributed by atoms with Crippen LogP contribution < -0.4 is 5.32 Å². The zero-order valence-corrected chi connectivity index (χ0v) is 14.3. The molecule has 1 N–H and O–H groups in total. The van der Waals surface area contributed by atoms with E-state index in [-0.39, 0.29) is 31.2 Å². The average molecular weight is 355 g/mol. The Labute approximate surface area is 141 Å². The molecular formula is C15H21N3O5S. The molecule has 24 heavy (non-hydrogen) atoms. The van der Waals surface area contributed by atoms with Crippen LogP contribution in [0.5, 0.6) is 0 Å². The number of carbonyl (C=O) groups is 2. The van der Waals surface area contributed by atoms with E-state index in [4.69, 9.17) is 4.74 Å². The van der Waals surface area contributed by atoms with Crippen LogP contribution in [0.3, 0.4) is 0 Å². The second-order valence-corrected chi connectivity index (χ2v) is 7.78. The molecule has 9 heteroatoms. The van der Waals surface area contributed by atoms with Gasteiger partial charge in [-0.3, -0.25) is 14.6 Å². The van der Waals surface area contributed by atoms with E-state index in [0.717, 1.165) is 0 Å². The number of nitrogens with one attached hydrogen (secondary N) is 1. The highest BCUT2D eigenvalue weighted by Gasteiger charge is 2.36. The lowest BCUT2D eigenvalue weighted by molar-refractivity contribution is -0.147. The first-order valence-electron chi connectivity index (χ1n) is 7.61. The monoisotopic (exact) mass is 355 g/mol. The molecular weight excluding hydrogens is 334 g/mol. The number of nitrogens with zero attached hydrogens (tertiary/aromatic N) is 2. The molecule has 2 heterocycles. The molecule has 1 unspecified atom stereocenters. The van der Waals surface area contributed by atoms with E-state index >= 15 is 0 Å². The minimum absolute atomic E-state index is 0.0317. The van der Waals surface area contributed by atoms with Crippen LogP contribution in [0.2, 0.25) is 0 Å². The Morgan fingerprint density at radius 1 is 1.42 bits per heavy atom. The summed E-state index contributed by atoms with van der Waals surface area (Å²) in [5.74, 6) is -1.61. The van der Waals surface area contributed by atoms with Gasteiger partial charge in [0.1, 0.15) is 0 Å². The van der Waals surface area contributed by atoms with E-state index in [2.05, 4.69) is 10.3 Å². The number of aromatic nitrogens is 1. The van der Waals surface area contributed by atoms with Crippen LogP contribution in [0.1, 0.15) is 12.1 Å². The lowest BCUT2D eigenvalue weighted by atomic mass is 10.2. The first-order valence-corrected chi connectivity index (χ1v) is 9.43. The summed E-state index contributed by atoms with van der Waals surface area (Å²) in [6.45, 7) is 0.537. The number of hydrogen-bond acceptors (Lipinski definition) is 6. The maximum atomic E-state index is 12.4. The summed E-state index contributed by atoms with van der Waals surface area (Å²) in [5.41, 5.74) is 0.630. The fourth-order valence-corrected chi connectivity index (χ4v) is 4.27. The van der Waals surface area contributed by atoms with Gasteiger partial charge in [0.2, 0.25) is 0 Å². The smallest absolute Gasteiger partial charge is 0.312 e. The number of methoxy groups -OCH3 is 1. The number of hydrogen-bond donors (Lipinski definition) is 1. The van der Waals surface area contributed by atoms with Gasteiger partial charge in [-0.05, 0) is 18.6 Å². The van der Waals surface area contributed by atoms with Gasteiger partial charge in [0.25, 0.3) is 0 Å². The van der Waals surface area contributed by atoms with Gasteiger partial charge in [0, 0.05) is 25.9 Å². The van der Waals surface area contributed by atoms with Gasteiger partial charge >= 0.3 is 11.8 Å².